The summed E-state index contributed by atoms with van der Waals surface area (Å²) in [6.45, 7) is 4.43. The van der Waals surface area contributed by atoms with E-state index in [0.29, 0.717) is 12.3 Å². The van der Waals surface area contributed by atoms with E-state index >= 15 is 0 Å². The third-order valence-corrected chi connectivity index (χ3v) is 4.57. The maximum Gasteiger partial charge on any atom is 0.0714 e. The van der Waals surface area contributed by atoms with Gasteiger partial charge in [0.25, 0.3) is 0 Å². The Hall–Kier alpha value is -0.530. The molecule has 1 aliphatic carbocycles. The molecule has 3 unspecified atom stereocenters. The van der Waals surface area contributed by atoms with Gasteiger partial charge in [0.2, 0.25) is 0 Å². The van der Waals surface area contributed by atoms with Gasteiger partial charge >= 0.3 is 0 Å². The van der Waals surface area contributed by atoms with Crippen LogP contribution in [0.3, 0.4) is 0 Å². The van der Waals surface area contributed by atoms with Crippen LogP contribution in [0.15, 0.2) is 24.3 Å². The Morgan fingerprint density at radius 3 is 2.71 bits per heavy atom. The molecular formula is C15H21ClO. The van der Waals surface area contributed by atoms with Crippen LogP contribution < -0.4 is 0 Å². The largest absolute Gasteiger partial charge is 0.389 e. The molecule has 0 radical (unpaired) electrons. The van der Waals surface area contributed by atoms with Crippen LogP contribution in [0.25, 0.3) is 0 Å². The van der Waals surface area contributed by atoms with Crippen LogP contribution in [-0.4, -0.2) is 10.7 Å². The predicted molar refractivity (Wildman–Crippen MR) is 72.3 cm³/mol. The van der Waals surface area contributed by atoms with Crippen molar-refractivity contribution in [1.29, 1.82) is 0 Å². The minimum absolute atomic E-state index is 0.350. The van der Waals surface area contributed by atoms with Crippen molar-refractivity contribution >= 4 is 11.6 Å². The number of halogens is 1. The molecule has 0 aliphatic heterocycles. The summed E-state index contributed by atoms with van der Waals surface area (Å²) in [5.74, 6) is 1.08. The van der Waals surface area contributed by atoms with Crippen molar-refractivity contribution in [3.05, 3.63) is 34.9 Å². The molecule has 1 aromatic rings. The summed E-state index contributed by atoms with van der Waals surface area (Å²) in [6, 6.07) is 7.84. The van der Waals surface area contributed by atoms with E-state index in [-0.39, 0.29) is 0 Å². The average molecular weight is 253 g/mol. The fourth-order valence-corrected chi connectivity index (χ4v) is 3.12. The first-order chi connectivity index (χ1) is 8.01. The lowest BCUT2D eigenvalue weighted by Gasteiger charge is -2.41. The van der Waals surface area contributed by atoms with E-state index in [0.717, 1.165) is 35.8 Å². The van der Waals surface area contributed by atoms with E-state index in [2.05, 4.69) is 13.8 Å². The van der Waals surface area contributed by atoms with Crippen molar-refractivity contribution in [2.24, 2.45) is 11.8 Å². The quantitative estimate of drug-likeness (QED) is 0.841. The summed E-state index contributed by atoms with van der Waals surface area (Å²) < 4.78 is 0. The van der Waals surface area contributed by atoms with Crippen LogP contribution in [0.2, 0.25) is 5.02 Å². The summed E-state index contributed by atoms with van der Waals surface area (Å²) in [5, 5.41) is 11.5. The molecule has 17 heavy (non-hydrogen) atoms. The van der Waals surface area contributed by atoms with Gasteiger partial charge in [-0.1, -0.05) is 43.6 Å². The number of aliphatic hydroxyl groups is 1. The van der Waals surface area contributed by atoms with Crippen LogP contribution in [0.5, 0.6) is 0 Å². The number of benzene rings is 1. The molecule has 1 nitrogen and oxygen atoms in total. The molecule has 2 heteroatoms. The Labute approximate surface area is 109 Å². The molecule has 0 heterocycles. The monoisotopic (exact) mass is 252 g/mol. The van der Waals surface area contributed by atoms with E-state index in [1.165, 1.54) is 0 Å². The van der Waals surface area contributed by atoms with Gasteiger partial charge in [-0.25, -0.2) is 0 Å². The second-order valence-corrected chi connectivity index (χ2v) is 6.06. The predicted octanol–water partition coefficient (Wildman–Crippen LogP) is 4.07. The highest BCUT2D eigenvalue weighted by atomic mass is 35.5. The van der Waals surface area contributed by atoms with Crippen molar-refractivity contribution in [3.63, 3.8) is 0 Å². The Balaban J connectivity index is 2.15. The fourth-order valence-electron chi connectivity index (χ4n) is 2.92. The summed E-state index contributed by atoms with van der Waals surface area (Å²) in [5.41, 5.74) is 0.496. The SMILES string of the molecule is CC1CCC(O)(Cc2ccccc2Cl)C(C)C1. The zero-order valence-electron chi connectivity index (χ0n) is 10.6. The van der Waals surface area contributed by atoms with Gasteiger partial charge in [-0.3, -0.25) is 0 Å². The maximum atomic E-state index is 10.8. The van der Waals surface area contributed by atoms with Crippen molar-refractivity contribution in [2.75, 3.05) is 0 Å². The molecule has 0 spiro atoms. The molecule has 1 N–H and O–H groups in total. The Bertz CT molecular complexity index is 390. The summed E-state index contributed by atoms with van der Waals surface area (Å²) in [6.07, 6.45) is 3.80. The van der Waals surface area contributed by atoms with Gasteiger partial charge in [0, 0.05) is 11.4 Å². The van der Waals surface area contributed by atoms with Crippen LogP contribution in [0.4, 0.5) is 0 Å². The molecule has 0 amide bonds. The Kier molecular flexibility index (Phi) is 3.79. The van der Waals surface area contributed by atoms with E-state index in [9.17, 15) is 5.11 Å². The molecule has 0 saturated heterocycles. The summed E-state index contributed by atoms with van der Waals surface area (Å²) in [7, 11) is 0. The maximum absolute atomic E-state index is 10.8. The van der Waals surface area contributed by atoms with Gasteiger partial charge in [0.15, 0.2) is 0 Å². The third-order valence-electron chi connectivity index (χ3n) is 4.20. The normalized spacial score (nSPS) is 33.6. The molecular weight excluding hydrogens is 232 g/mol. The van der Waals surface area contributed by atoms with Gasteiger partial charge < -0.3 is 5.11 Å². The number of hydrogen-bond acceptors (Lipinski definition) is 1. The zero-order valence-corrected chi connectivity index (χ0v) is 11.4. The Morgan fingerprint density at radius 2 is 2.06 bits per heavy atom. The molecule has 1 aromatic carbocycles. The second-order valence-electron chi connectivity index (χ2n) is 5.65. The van der Waals surface area contributed by atoms with Crippen molar-refractivity contribution in [3.8, 4) is 0 Å². The summed E-state index contributed by atoms with van der Waals surface area (Å²) in [4.78, 5) is 0. The van der Waals surface area contributed by atoms with Crippen molar-refractivity contribution in [1.82, 2.24) is 0 Å². The van der Waals surface area contributed by atoms with E-state index in [1.54, 1.807) is 0 Å². The first-order valence-corrected chi connectivity index (χ1v) is 6.85. The number of hydrogen-bond donors (Lipinski definition) is 1. The van der Waals surface area contributed by atoms with Crippen molar-refractivity contribution in [2.45, 2.75) is 45.1 Å². The standard InChI is InChI=1S/C15H21ClO/c1-11-7-8-15(17,12(2)9-11)10-13-5-3-4-6-14(13)16/h3-6,11-12,17H,7-10H2,1-2H3. The molecule has 1 fully saturated rings. The lowest BCUT2D eigenvalue weighted by Crippen LogP contribution is -2.43. The first kappa shape index (κ1) is 12.9. The van der Waals surface area contributed by atoms with Crippen LogP contribution in [-0.2, 0) is 6.42 Å². The highest BCUT2D eigenvalue weighted by molar-refractivity contribution is 6.31. The molecule has 94 valence electrons. The highest BCUT2D eigenvalue weighted by Gasteiger charge is 2.38. The van der Waals surface area contributed by atoms with Gasteiger partial charge in [-0.2, -0.15) is 0 Å². The average Bonchev–Trinajstić information content (AvgIpc) is 2.28. The molecule has 3 atom stereocenters. The molecule has 0 bridgehead atoms. The van der Waals surface area contributed by atoms with Crippen LogP contribution in [0.1, 0.15) is 38.7 Å². The van der Waals surface area contributed by atoms with Crippen molar-refractivity contribution < 1.29 is 5.11 Å². The van der Waals surface area contributed by atoms with Crippen LogP contribution >= 0.6 is 11.6 Å². The lowest BCUT2D eigenvalue weighted by molar-refractivity contribution is -0.0522. The lowest BCUT2D eigenvalue weighted by atomic mass is 9.70. The van der Waals surface area contributed by atoms with E-state index in [4.69, 9.17) is 11.6 Å². The molecule has 2 rings (SSSR count). The summed E-state index contributed by atoms with van der Waals surface area (Å²) >= 11 is 6.17. The van der Waals surface area contributed by atoms with Gasteiger partial charge in [-0.15, -0.1) is 0 Å². The zero-order chi connectivity index (χ0) is 12.5. The molecule has 0 aromatic heterocycles. The second kappa shape index (κ2) is 4.99. The highest BCUT2D eigenvalue weighted by Crippen LogP contribution is 2.39. The third kappa shape index (κ3) is 2.83. The minimum Gasteiger partial charge on any atom is -0.389 e. The first-order valence-electron chi connectivity index (χ1n) is 6.47. The topological polar surface area (TPSA) is 20.2 Å². The smallest absolute Gasteiger partial charge is 0.0714 e. The molecule has 1 saturated carbocycles. The molecule has 1 aliphatic rings. The van der Waals surface area contributed by atoms with E-state index < -0.39 is 5.60 Å². The minimum atomic E-state index is -0.572. The fraction of sp³-hybridized carbons (Fsp3) is 0.600. The number of rotatable bonds is 2. The van der Waals surface area contributed by atoms with Crippen LogP contribution in [0, 0.1) is 11.8 Å². The van der Waals surface area contributed by atoms with Gasteiger partial charge in [0.05, 0.1) is 5.60 Å². The Morgan fingerprint density at radius 1 is 1.35 bits per heavy atom. The van der Waals surface area contributed by atoms with Gasteiger partial charge in [-0.05, 0) is 42.7 Å². The van der Waals surface area contributed by atoms with E-state index in [1.807, 2.05) is 24.3 Å². The van der Waals surface area contributed by atoms with Gasteiger partial charge in [0.1, 0.15) is 0 Å².